The van der Waals surface area contributed by atoms with Gasteiger partial charge in [-0.05, 0) is 25.0 Å². The molecule has 5 nitrogen and oxygen atoms in total. The fourth-order valence-electron chi connectivity index (χ4n) is 2.88. The van der Waals surface area contributed by atoms with Gasteiger partial charge in [-0.3, -0.25) is 0 Å². The molecule has 1 atom stereocenters. The van der Waals surface area contributed by atoms with Gasteiger partial charge >= 0.3 is 0 Å². The molecule has 0 radical (unpaired) electrons. The van der Waals surface area contributed by atoms with Gasteiger partial charge < -0.3 is 14.8 Å². The Bertz CT molecular complexity index is 506. The zero-order valence-corrected chi connectivity index (χ0v) is 11.5. The van der Waals surface area contributed by atoms with Crippen LogP contribution < -0.4 is 5.32 Å². The van der Waals surface area contributed by atoms with Gasteiger partial charge in [-0.25, -0.2) is 4.98 Å². The summed E-state index contributed by atoms with van der Waals surface area (Å²) in [6.45, 7) is 1.29. The molecule has 5 heteroatoms. The largest absolute Gasteiger partial charge is 0.367 e. The van der Waals surface area contributed by atoms with E-state index in [4.69, 9.17) is 14.7 Å². The van der Waals surface area contributed by atoms with E-state index in [0.29, 0.717) is 24.7 Å². The monoisotopic (exact) mass is 273 g/mol. The Morgan fingerprint density at radius 1 is 1.35 bits per heavy atom. The lowest BCUT2D eigenvalue weighted by Gasteiger charge is -2.31. The third kappa shape index (κ3) is 2.92. The Labute approximate surface area is 118 Å². The molecule has 1 saturated heterocycles. The van der Waals surface area contributed by atoms with Crippen molar-refractivity contribution in [3.05, 3.63) is 23.9 Å². The summed E-state index contributed by atoms with van der Waals surface area (Å²) in [6.07, 6.45) is 5.72. The molecule has 1 spiro atoms. The summed E-state index contributed by atoms with van der Waals surface area (Å²) < 4.78 is 12.0. The van der Waals surface area contributed by atoms with Crippen LogP contribution in [0.25, 0.3) is 0 Å². The van der Waals surface area contributed by atoms with Crippen molar-refractivity contribution < 1.29 is 9.47 Å². The summed E-state index contributed by atoms with van der Waals surface area (Å²) in [6, 6.07) is 7.40. The number of rotatable bonds is 3. The van der Waals surface area contributed by atoms with Crippen molar-refractivity contribution in [2.75, 3.05) is 18.5 Å². The lowest BCUT2D eigenvalue weighted by atomic mass is 9.94. The number of ether oxygens (including phenoxy) is 2. The van der Waals surface area contributed by atoms with Gasteiger partial charge in [0, 0.05) is 19.4 Å². The first-order chi connectivity index (χ1) is 9.80. The van der Waals surface area contributed by atoms with Crippen LogP contribution in [0.5, 0.6) is 0 Å². The van der Waals surface area contributed by atoms with Crippen LogP contribution in [0.2, 0.25) is 0 Å². The SMILES string of the molecule is N#Cc1cccc(NCC2COC3(CCCCC3)O2)n1. The summed E-state index contributed by atoms with van der Waals surface area (Å²) in [7, 11) is 0. The van der Waals surface area contributed by atoms with E-state index < -0.39 is 0 Å². The number of anilines is 1. The van der Waals surface area contributed by atoms with E-state index >= 15 is 0 Å². The molecule has 1 aliphatic heterocycles. The normalized spacial score (nSPS) is 24.4. The smallest absolute Gasteiger partial charge is 0.168 e. The summed E-state index contributed by atoms with van der Waals surface area (Å²) in [5, 5.41) is 12.0. The van der Waals surface area contributed by atoms with Crippen LogP contribution in [-0.2, 0) is 9.47 Å². The topological polar surface area (TPSA) is 67.2 Å². The number of nitrogens with zero attached hydrogens (tertiary/aromatic N) is 2. The molecule has 1 unspecified atom stereocenters. The lowest BCUT2D eigenvalue weighted by molar-refractivity contribution is -0.185. The minimum absolute atomic E-state index is 0.0561. The molecule has 0 bridgehead atoms. The molecule has 1 N–H and O–H groups in total. The van der Waals surface area contributed by atoms with Crippen molar-refractivity contribution >= 4 is 5.82 Å². The number of hydrogen-bond donors (Lipinski definition) is 1. The van der Waals surface area contributed by atoms with Crippen LogP contribution in [0, 0.1) is 11.3 Å². The zero-order chi connectivity index (χ0) is 13.8. The third-order valence-electron chi connectivity index (χ3n) is 3.90. The highest BCUT2D eigenvalue weighted by molar-refractivity contribution is 5.38. The van der Waals surface area contributed by atoms with Gasteiger partial charge in [0.05, 0.1) is 6.61 Å². The highest BCUT2D eigenvalue weighted by Gasteiger charge is 2.41. The van der Waals surface area contributed by atoms with E-state index in [1.165, 1.54) is 19.3 Å². The molecule has 2 aliphatic rings. The van der Waals surface area contributed by atoms with Crippen molar-refractivity contribution in [1.82, 2.24) is 4.98 Å². The van der Waals surface area contributed by atoms with Crippen LogP contribution in [-0.4, -0.2) is 30.0 Å². The first-order valence-corrected chi connectivity index (χ1v) is 7.22. The highest BCUT2D eigenvalue weighted by Crippen LogP contribution is 2.37. The number of nitriles is 1. The molecule has 20 heavy (non-hydrogen) atoms. The zero-order valence-electron chi connectivity index (χ0n) is 11.5. The van der Waals surface area contributed by atoms with E-state index in [-0.39, 0.29) is 11.9 Å². The Hall–Kier alpha value is -1.64. The second-order valence-electron chi connectivity index (χ2n) is 5.42. The van der Waals surface area contributed by atoms with Gasteiger partial charge in [0.25, 0.3) is 0 Å². The van der Waals surface area contributed by atoms with Gasteiger partial charge in [0.15, 0.2) is 5.79 Å². The van der Waals surface area contributed by atoms with Gasteiger partial charge in [0.1, 0.15) is 23.7 Å². The molecular formula is C15H19N3O2. The van der Waals surface area contributed by atoms with E-state index in [9.17, 15) is 0 Å². The predicted molar refractivity (Wildman–Crippen MR) is 74.1 cm³/mol. The fraction of sp³-hybridized carbons (Fsp3) is 0.600. The summed E-state index contributed by atoms with van der Waals surface area (Å²) in [4.78, 5) is 4.19. The Balaban J connectivity index is 1.53. The van der Waals surface area contributed by atoms with Crippen LogP contribution >= 0.6 is 0 Å². The third-order valence-corrected chi connectivity index (χ3v) is 3.90. The first-order valence-electron chi connectivity index (χ1n) is 7.22. The summed E-state index contributed by atoms with van der Waals surface area (Å²) in [5.41, 5.74) is 0.419. The molecule has 0 amide bonds. The molecular weight excluding hydrogens is 254 g/mol. The van der Waals surface area contributed by atoms with E-state index in [1.807, 2.05) is 18.2 Å². The second kappa shape index (κ2) is 5.78. The maximum atomic E-state index is 8.82. The Morgan fingerprint density at radius 2 is 2.20 bits per heavy atom. The van der Waals surface area contributed by atoms with Crippen molar-refractivity contribution in [3.63, 3.8) is 0 Å². The molecule has 2 fully saturated rings. The van der Waals surface area contributed by atoms with E-state index in [1.54, 1.807) is 6.07 Å². The molecule has 1 aromatic rings. The van der Waals surface area contributed by atoms with Gasteiger partial charge in [-0.2, -0.15) is 5.26 Å². The first kappa shape index (κ1) is 13.3. The molecule has 2 heterocycles. The van der Waals surface area contributed by atoms with Gasteiger partial charge in [-0.1, -0.05) is 12.5 Å². The van der Waals surface area contributed by atoms with Gasteiger partial charge in [0.2, 0.25) is 0 Å². The maximum Gasteiger partial charge on any atom is 0.168 e. The minimum Gasteiger partial charge on any atom is -0.367 e. The van der Waals surface area contributed by atoms with Crippen molar-refractivity contribution in [2.45, 2.75) is 44.0 Å². The van der Waals surface area contributed by atoms with Crippen molar-refractivity contribution in [3.8, 4) is 6.07 Å². The predicted octanol–water partition coefficient (Wildman–Crippen LogP) is 2.44. The lowest BCUT2D eigenvalue weighted by Crippen LogP contribution is -2.34. The van der Waals surface area contributed by atoms with Crippen LogP contribution in [0.15, 0.2) is 18.2 Å². The fourth-order valence-corrected chi connectivity index (χ4v) is 2.88. The Kier molecular flexibility index (Phi) is 3.86. The molecule has 1 aromatic heterocycles. The standard InChI is InChI=1S/C15H19N3O2/c16-9-12-5-4-6-14(18-12)17-10-13-11-19-15(20-13)7-2-1-3-8-15/h4-6,13H,1-3,7-8,10-11H2,(H,17,18). The molecule has 106 valence electrons. The summed E-state index contributed by atoms with van der Waals surface area (Å²) >= 11 is 0. The number of hydrogen-bond acceptors (Lipinski definition) is 5. The van der Waals surface area contributed by atoms with Crippen LogP contribution in [0.4, 0.5) is 5.82 Å². The quantitative estimate of drug-likeness (QED) is 0.916. The second-order valence-corrected chi connectivity index (χ2v) is 5.42. The van der Waals surface area contributed by atoms with Crippen LogP contribution in [0.1, 0.15) is 37.8 Å². The molecule has 1 saturated carbocycles. The van der Waals surface area contributed by atoms with Gasteiger partial charge in [-0.15, -0.1) is 0 Å². The summed E-state index contributed by atoms with van der Waals surface area (Å²) in [5.74, 6) is 0.379. The van der Waals surface area contributed by atoms with Crippen molar-refractivity contribution in [1.29, 1.82) is 5.26 Å². The van der Waals surface area contributed by atoms with E-state index in [2.05, 4.69) is 10.3 Å². The van der Waals surface area contributed by atoms with Crippen molar-refractivity contribution in [2.24, 2.45) is 0 Å². The average molecular weight is 273 g/mol. The van der Waals surface area contributed by atoms with Crippen LogP contribution in [0.3, 0.4) is 0 Å². The number of pyridine rings is 1. The minimum atomic E-state index is -0.327. The highest BCUT2D eigenvalue weighted by atomic mass is 16.7. The molecule has 3 rings (SSSR count). The number of nitrogens with one attached hydrogen (secondary N) is 1. The number of aromatic nitrogens is 1. The van der Waals surface area contributed by atoms with E-state index in [0.717, 1.165) is 12.8 Å². The average Bonchev–Trinajstić information content (AvgIpc) is 2.89. The molecule has 1 aliphatic carbocycles. The Morgan fingerprint density at radius 3 is 3.00 bits per heavy atom. The maximum absolute atomic E-state index is 8.82. The molecule has 0 aromatic carbocycles.